The van der Waals surface area contributed by atoms with Crippen molar-refractivity contribution in [2.75, 3.05) is 6.54 Å². The van der Waals surface area contributed by atoms with Gasteiger partial charge in [0.1, 0.15) is 5.84 Å². The highest BCUT2D eigenvalue weighted by molar-refractivity contribution is 7.90. The quantitative estimate of drug-likeness (QED) is 0.515. The minimum atomic E-state index is -3.56. The molecule has 8 nitrogen and oxygen atoms in total. The number of carbonyl (C=O) groups excluding carboxylic acids is 2. The smallest absolute Gasteiger partial charge is 0.306 e. The topological polar surface area (TPSA) is 114 Å². The maximum atomic E-state index is 12.2. The minimum absolute atomic E-state index is 0.103. The molecule has 158 valence electrons. The van der Waals surface area contributed by atoms with Crippen LogP contribution in [-0.4, -0.2) is 44.8 Å². The number of carbonyl (C=O) groups is 2. The second-order valence-electron chi connectivity index (χ2n) is 7.41. The molecule has 1 atom stereocenters. The van der Waals surface area contributed by atoms with Gasteiger partial charge in [0.25, 0.3) is 15.9 Å². The van der Waals surface area contributed by atoms with Crippen molar-refractivity contribution in [1.82, 2.24) is 10.0 Å². The molecule has 2 N–H and O–H groups in total. The van der Waals surface area contributed by atoms with Gasteiger partial charge < -0.3 is 10.1 Å². The molecule has 1 aliphatic carbocycles. The number of amidine groups is 1. The van der Waals surface area contributed by atoms with E-state index in [-0.39, 0.29) is 35.6 Å². The molecule has 1 aromatic carbocycles. The summed E-state index contributed by atoms with van der Waals surface area (Å²) in [5.74, 6) is -0.444. The van der Waals surface area contributed by atoms with Gasteiger partial charge in [-0.3, -0.25) is 19.3 Å². The van der Waals surface area contributed by atoms with Crippen LogP contribution in [0.15, 0.2) is 34.2 Å². The molecule has 1 saturated carbocycles. The Hall–Kier alpha value is -2.42. The molecule has 1 amide bonds. The van der Waals surface area contributed by atoms with Crippen LogP contribution < -0.4 is 10.0 Å². The molecule has 1 aromatic rings. The number of hydrogen-bond donors (Lipinski definition) is 2. The number of rotatable bonds is 7. The van der Waals surface area contributed by atoms with E-state index in [2.05, 4.69) is 15.0 Å². The number of amides is 1. The van der Waals surface area contributed by atoms with Crippen LogP contribution in [0.3, 0.4) is 0 Å². The molecule has 1 heterocycles. The van der Waals surface area contributed by atoms with E-state index in [4.69, 9.17) is 4.74 Å². The van der Waals surface area contributed by atoms with Gasteiger partial charge in [0.2, 0.25) is 0 Å². The van der Waals surface area contributed by atoms with Crippen LogP contribution in [0.25, 0.3) is 0 Å². The Kier molecular flexibility index (Phi) is 6.89. The van der Waals surface area contributed by atoms with Crippen molar-refractivity contribution in [3.05, 3.63) is 29.8 Å². The first-order chi connectivity index (χ1) is 13.9. The Balaban J connectivity index is 1.42. The molecule has 0 bridgehead atoms. The van der Waals surface area contributed by atoms with Crippen LogP contribution in [0, 0.1) is 0 Å². The average Bonchev–Trinajstić information content (AvgIpc) is 2.96. The van der Waals surface area contributed by atoms with Gasteiger partial charge in [-0.15, -0.1) is 0 Å². The summed E-state index contributed by atoms with van der Waals surface area (Å²) in [6.45, 7) is 1.84. The first kappa shape index (κ1) is 21.3. The van der Waals surface area contributed by atoms with Crippen molar-refractivity contribution in [3.8, 4) is 0 Å². The highest BCUT2D eigenvalue weighted by Gasteiger charge is 2.30. The summed E-state index contributed by atoms with van der Waals surface area (Å²) in [4.78, 5) is 28.6. The lowest BCUT2D eigenvalue weighted by atomic mass is 9.95. The van der Waals surface area contributed by atoms with E-state index in [1.807, 2.05) is 0 Å². The van der Waals surface area contributed by atoms with Crippen LogP contribution in [0.5, 0.6) is 0 Å². The molecule has 1 unspecified atom stereocenters. The Labute approximate surface area is 171 Å². The summed E-state index contributed by atoms with van der Waals surface area (Å²) in [6.07, 6.45) is 5.04. The van der Waals surface area contributed by atoms with Gasteiger partial charge in [0, 0.05) is 24.6 Å². The van der Waals surface area contributed by atoms with Crippen LogP contribution >= 0.6 is 0 Å². The molecule has 0 spiro atoms. The zero-order chi connectivity index (χ0) is 20.9. The second-order valence-corrected chi connectivity index (χ2v) is 9.06. The number of benzene rings is 1. The number of ether oxygens (including phenoxy) is 1. The van der Waals surface area contributed by atoms with E-state index < -0.39 is 22.1 Å². The van der Waals surface area contributed by atoms with Gasteiger partial charge in [0.15, 0.2) is 6.10 Å². The van der Waals surface area contributed by atoms with Gasteiger partial charge in [-0.1, -0.05) is 31.4 Å². The number of hydrogen-bond acceptors (Lipinski definition) is 6. The first-order valence-corrected chi connectivity index (χ1v) is 11.5. The zero-order valence-electron chi connectivity index (χ0n) is 16.5. The third-order valence-electron chi connectivity index (χ3n) is 5.10. The van der Waals surface area contributed by atoms with Crippen molar-refractivity contribution in [3.63, 3.8) is 0 Å². The predicted octanol–water partition coefficient (Wildman–Crippen LogP) is 1.89. The number of fused-ring (bicyclic) bond motifs is 1. The number of nitrogens with one attached hydrogen (secondary N) is 2. The van der Waals surface area contributed by atoms with Crippen molar-refractivity contribution in [1.29, 1.82) is 0 Å². The average molecular weight is 422 g/mol. The minimum Gasteiger partial charge on any atom is -0.453 e. The fourth-order valence-corrected chi connectivity index (χ4v) is 4.79. The Bertz CT molecular complexity index is 891. The van der Waals surface area contributed by atoms with Gasteiger partial charge in [-0.05, 0) is 38.3 Å². The fourth-order valence-electron chi connectivity index (χ4n) is 3.54. The van der Waals surface area contributed by atoms with Gasteiger partial charge >= 0.3 is 5.97 Å². The summed E-state index contributed by atoms with van der Waals surface area (Å²) >= 11 is 0. The molecular formula is C20H27N3O5S. The third kappa shape index (κ3) is 5.56. The largest absolute Gasteiger partial charge is 0.453 e. The van der Waals surface area contributed by atoms with Crippen LogP contribution in [0.4, 0.5) is 0 Å². The highest BCUT2D eigenvalue weighted by Crippen LogP contribution is 2.22. The van der Waals surface area contributed by atoms with E-state index in [9.17, 15) is 18.0 Å². The SMILES string of the molecule is CC(OC(=O)CCCN=C1NS(=O)(=O)c2ccccc21)C(=O)NC1CCCCC1. The molecule has 2 aliphatic rings. The van der Waals surface area contributed by atoms with E-state index in [0.29, 0.717) is 12.0 Å². The van der Waals surface area contributed by atoms with Gasteiger partial charge in [-0.25, -0.2) is 8.42 Å². The normalized spacial score (nSPS) is 20.5. The Morgan fingerprint density at radius 3 is 2.72 bits per heavy atom. The highest BCUT2D eigenvalue weighted by atomic mass is 32.2. The second kappa shape index (κ2) is 9.39. The molecule has 0 saturated heterocycles. The summed E-state index contributed by atoms with van der Waals surface area (Å²) in [7, 11) is -3.56. The van der Waals surface area contributed by atoms with Crippen LogP contribution in [0.2, 0.25) is 0 Å². The third-order valence-corrected chi connectivity index (χ3v) is 6.50. The van der Waals surface area contributed by atoms with E-state index in [1.165, 1.54) is 12.5 Å². The molecule has 9 heteroatoms. The van der Waals surface area contributed by atoms with Crippen molar-refractivity contribution in [2.45, 2.75) is 68.9 Å². The van der Waals surface area contributed by atoms with Crippen LogP contribution in [-0.2, 0) is 24.3 Å². The fraction of sp³-hybridized carbons (Fsp3) is 0.550. The van der Waals surface area contributed by atoms with E-state index >= 15 is 0 Å². The molecule has 29 heavy (non-hydrogen) atoms. The number of sulfonamides is 1. The zero-order valence-corrected chi connectivity index (χ0v) is 17.3. The molecule has 0 aromatic heterocycles. The molecular weight excluding hydrogens is 394 g/mol. The van der Waals surface area contributed by atoms with E-state index in [0.717, 1.165) is 25.7 Å². The number of aliphatic imine (C=N–C) groups is 1. The lowest BCUT2D eigenvalue weighted by Gasteiger charge is -2.24. The summed E-state index contributed by atoms with van der Waals surface area (Å²) in [5.41, 5.74) is 0.531. The lowest BCUT2D eigenvalue weighted by Crippen LogP contribution is -2.42. The molecule has 0 radical (unpaired) electrons. The van der Waals surface area contributed by atoms with E-state index in [1.54, 1.807) is 25.1 Å². The van der Waals surface area contributed by atoms with Crippen LogP contribution in [0.1, 0.15) is 57.4 Å². The van der Waals surface area contributed by atoms with Crippen molar-refractivity contribution >= 4 is 27.7 Å². The first-order valence-electron chi connectivity index (χ1n) is 10.0. The van der Waals surface area contributed by atoms with Crippen molar-refractivity contribution < 1.29 is 22.7 Å². The molecule has 1 fully saturated rings. The maximum Gasteiger partial charge on any atom is 0.306 e. The lowest BCUT2D eigenvalue weighted by molar-refractivity contribution is -0.155. The molecule has 1 aliphatic heterocycles. The predicted molar refractivity (Wildman–Crippen MR) is 108 cm³/mol. The number of esters is 1. The summed E-state index contributed by atoms with van der Waals surface area (Å²) < 4.78 is 31.7. The standard InChI is InChI=1S/C20H27N3O5S/c1-14(20(25)22-15-8-3-2-4-9-15)28-18(24)12-7-13-21-19-16-10-5-6-11-17(16)29(26,27)23-19/h5-6,10-11,14-15H,2-4,7-9,12-13H2,1H3,(H,21,23)(H,22,25). The van der Waals surface area contributed by atoms with Gasteiger partial charge in [-0.2, -0.15) is 0 Å². The molecule has 3 rings (SSSR count). The summed E-state index contributed by atoms with van der Waals surface area (Å²) in [5, 5.41) is 2.94. The Morgan fingerprint density at radius 2 is 1.97 bits per heavy atom. The number of nitrogens with zero attached hydrogens (tertiary/aromatic N) is 1. The Morgan fingerprint density at radius 1 is 1.24 bits per heavy atom. The maximum absolute atomic E-state index is 12.2. The monoisotopic (exact) mass is 421 g/mol. The van der Waals surface area contributed by atoms with Crippen molar-refractivity contribution in [2.24, 2.45) is 4.99 Å². The van der Waals surface area contributed by atoms with Gasteiger partial charge in [0.05, 0.1) is 4.90 Å². The summed E-state index contributed by atoms with van der Waals surface area (Å²) in [6, 6.07) is 6.78.